The molecule has 0 bridgehead atoms. The standard InChI is InChI=1S/C12H17N3O/c1-9(10-3-2-6-13-7-10)14-8-12(16)15-11-4-5-11/h2-3,6-7,9,11,14H,4-5,8H2,1H3,(H,15,16)/t9-/m0/s1. The number of hydrogen-bond donors (Lipinski definition) is 2. The van der Waals surface area contributed by atoms with E-state index in [-0.39, 0.29) is 11.9 Å². The summed E-state index contributed by atoms with van der Waals surface area (Å²) in [4.78, 5) is 15.5. The third-order valence-corrected chi connectivity index (χ3v) is 2.70. The number of aromatic nitrogens is 1. The van der Waals surface area contributed by atoms with Crippen LogP contribution < -0.4 is 10.6 Å². The van der Waals surface area contributed by atoms with Gasteiger partial charge in [-0.05, 0) is 31.4 Å². The van der Waals surface area contributed by atoms with E-state index in [0.717, 1.165) is 18.4 Å². The number of pyridine rings is 1. The van der Waals surface area contributed by atoms with Crippen molar-refractivity contribution in [2.45, 2.75) is 31.8 Å². The number of nitrogens with zero attached hydrogens (tertiary/aromatic N) is 1. The summed E-state index contributed by atoms with van der Waals surface area (Å²) >= 11 is 0. The molecule has 4 nitrogen and oxygen atoms in total. The molecule has 0 radical (unpaired) electrons. The molecule has 4 heteroatoms. The van der Waals surface area contributed by atoms with Crippen LogP contribution in [0.4, 0.5) is 0 Å². The van der Waals surface area contributed by atoms with Gasteiger partial charge in [-0.3, -0.25) is 9.78 Å². The number of nitrogens with one attached hydrogen (secondary N) is 2. The predicted molar refractivity (Wildman–Crippen MR) is 61.8 cm³/mol. The van der Waals surface area contributed by atoms with Gasteiger partial charge in [0.25, 0.3) is 0 Å². The summed E-state index contributed by atoms with van der Waals surface area (Å²) in [5.74, 6) is 0.0817. The van der Waals surface area contributed by atoms with Crippen LogP contribution in [0.3, 0.4) is 0 Å². The normalized spacial score (nSPS) is 16.8. The molecule has 1 saturated carbocycles. The molecule has 16 heavy (non-hydrogen) atoms. The number of rotatable bonds is 5. The van der Waals surface area contributed by atoms with Gasteiger partial charge in [0.05, 0.1) is 6.54 Å². The van der Waals surface area contributed by atoms with Gasteiger partial charge in [0.1, 0.15) is 0 Å². The van der Waals surface area contributed by atoms with Gasteiger partial charge in [-0.15, -0.1) is 0 Å². The van der Waals surface area contributed by atoms with Crippen LogP contribution in [0.1, 0.15) is 31.4 Å². The first-order chi connectivity index (χ1) is 7.75. The molecule has 1 aliphatic rings. The van der Waals surface area contributed by atoms with Crippen molar-refractivity contribution >= 4 is 5.91 Å². The zero-order chi connectivity index (χ0) is 11.4. The van der Waals surface area contributed by atoms with Crippen LogP contribution in [0, 0.1) is 0 Å². The summed E-state index contributed by atoms with van der Waals surface area (Å²) in [5.41, 5.74) is 1.10. The van der Waals surface area contributed by atoms with Crippen molar-refractivity contribution in [3.05, 3.63) is 30.1 Å². The SMILES string of the molecule is C[C@H](NCC(=O)NC1CC1)c1cccnc1. The Balaban J connectivity index is 1.74. The summed E-state index contributed by atoms with van der Waals surface area (Å²) in [7, 11) is 0. The summed E-state index contributed by atoms with van der Waals surface area (Å²) in [6, 6.07) is 4.49. The molecule has 0 aromatic carbocycles. The minimum atomic E-state index is 0.0817. The second-order valence-corrected chi connectivity index (χ2v) is 4.23. The molecule has 1 fully saturated rings. The fourth-order valence-electron chi connectivity index (χ4n) is 1.50. The first-order valence-corrected chi connectivity index (χ1v) is 5.68. The van der Waals surface area contributed by atoms with Crippen molar-refractivity contribution < 1.29 is 4.79 Å². The lowest BCUT2D eigenvalue weighted by molar-refractivity contribution is -0.120. The molecule has 1 heterocycles. The van der Waals surface area contributed by atoms with Crippen LogP contribution in [-0.2, 0) is 4.79 Å². The average molecular weight is 219 g/mol. The van der Waals surface area contributed by atoms with E-state index in [9.17, 15) is 4.79 Å². The molecule has 2 rings (SSSR count). The maximum absolute atomic E-state index is 11.4. The summed E-state index contributed by atoms with van der Waals surface area (Å²) in [6.45, 7) is 2.40. The van der Waals surface area contributed by atoms with Crippen LogP contribution in [-0.4, -0.2) is 23.5 Å². The molecular weight excluding hydrogens is 202 g/mol. The van der Waals surface area contributed by atoms with Gasteiger partial charge in [-0.2, -0.15) is 0 Å². The monoisotopic (exact) mass is 219 g/mol. The van der Waals surface area contributed by atoms with Gasteiger partial charge in [0.2, 0.25) is 5.91 Å². The molecule has 2 N–H and O–H groups in total. The maximum Gasteiger partial charge on any atom is 0.234 e. The van der Waals surface area contributed by atoms with Crippen molar-refractivity contribution in [3.8, 4) is 0 Å². The van der Waals surface area contributed by atoms with Crippen LogP contribution in [0.25, 0.3) is 0 Å². The molecule has 0 saturated heterocycles. The smallest absolute Gasteiger partial charge is 0.234 e. The zero-order valence-electron chi connectivity index (χ0n) is 9.44. The van der Waals surface area contributed by atoms with Gasteiger partial charge in [-0.25, -0.2) is 0 Å². The van der Waals surface area contributed by atoms with Crippen molar-refractivity contribution in [2.75, 3.05) is 6.54 Å². The number of amides is 1. The predicted octanol–water partition coefficient (Wildman–Crippen LogP) is 1.01. The van der Waals surface area contributed by atoms with E-state index in [0.29, 0.717) is 12.6 Å². The maximum atomic E-state index is 11.4. The van der Waals surface area contributed by atoms with E-state index in [2.05, 4.69) is 15.6 Å². The van der Waals surface area contributed by atoms with E-state index in [1.165, 1.54) is 0 Å². The van der Waals surface area contributed by atoms with Gasteiger partial charge in [-0.1, -0.05) is 6.07 Å². The first-order valence-electron chi connectivity index (χ1n) is 5.68. The van der Waals surface area contributed by atoms with Crippen molar-refractivity contribution in [1.82, 2.24) is 15.6 Å². The Morgan fingerprint density at radius 1 is 1.62 bits per heavy atom. The average Bonchev–Trinajstić information content (AvgIpc) is 3.11. The van der Waals surface area contributed by atoms with Gasteiger partial charge in [0, 0.05) is 24.5 Å². The lowest BCUT2D eigenvalue weighted by Gasteiger charge is -2.13. The van der Waals surface area contributed by atoms with E-state index in [1.807, 2.05) is 25.3 Å². The second-order valence-electron chi connectivity index (χ2n) is 4.23. The van der Waals surface area contributed by atoms with Crippen LogP contribution in [0.15, 0.2) is 24.5 Å². The molecule has 0 aliphatic heterocycles. The van der Waals surface area contributed by atoms with Crippen molar-refractivity contribution in [2.24, 2.45) is 0 Å². The highest BCUT2D eigenvalue weighted by Crippen LogP contribution is 2.18. The first kappa shape index (κ1) is 11.1. The van der Waals surface area contributed by atoms with E-state index in [4.69, 9.17) is 0 Å². The summed E-state index contributed by atoms with van der Waals surface area (Å²) in [5, 5.41) is 6.12. The number of carbonyl (C=O) groups excluding carboxylic acids is 1. The fraction of sp³-hybridized carbons (Fsp3) is 0.500. The van der Waals surface area contributed by atoms with Crippen LogP contribution in [0.5, 0.6) is 0 Å². The van der Waals surface area contributed by atoms with Crippen LogP contribution in [0.2, 0.25) is 0 Å². The lowest BCUT2D eigenvalue weighted by Crippen LogP contribution is -2.36. The van der Waals surface area contributed by atoms with E-state index >= 15 is 0 Å². The summed E-state index contributed by atoms with van der Waals surface area (Å²) < 4.78 is 0. The summed E-state index contributed by atoms with van der Waals surface area (Å²) in [6.07, 6.45) is 5.82. The Labute approximate surface area is 95.5 Å². The Morgan fingerprint density at radius 3 is 3.06 bits per heavy atom. The van der Waals surface area contributed by atoms with E-state index in [1.54, 1.807) is 6.20 Å². The van der Waals surface area contributed by atoms with Crippen molar-refractivity contribution in [3.63, 3.8) is 0 Å². The Hall–Kier alpha value is -1.42. The quantitative estimate of drug-likeness (QED) is 0.777. The number of carbonyl (C=O) groups is 1. The minimum Gasteiger partial charge on any atom is -0.352 e. The molecule has 0 spiro atoms. The topological polar surface area (TPSA) is 54.0 Å². The highest BCUT2D eigenvalue weighted by molar-refractivity contribution is 5.78. The lowest BCUT2D eigenvalue weighted by atomic mass is 10.1. The van der Waals surface area contributed by atoms with Gasteiger partial charge in [0.15, 0.2) is 0 Å². The fourth-order valence-corrected chi connectivity index (χ4v) is 1.50. The molecule has 1 atom stereocenters. The molecule has 86 valence electrons. The highest BCUT2D eigenvalue weighted by atomic mass is 16.2. The van der Waals surface area contributed by atoms with Crippen LogP contribution >= 0.6 is 0 Å². The number of hydrogen-bond acceptors (Lipinski definition) is 3. The molecular formula is C12H17N3O. The molecule has 1 amide bonds. The second kappa shape index (κ2) is 5.07. The van der Waals surface area contributed by atoms with E-state index < -0.39 is 0 Å². The molecule has 0 unspecified atom stereocenters. The Bertz CT molecular complexity index is 349. The third kappa shape index (κ3) is 3.31. The van der Waals surface area contributed by atoms with Gasteiger partial charge < -0.3 is 10.6 Å². The van der Waals surface area contributed by atoms with Crippen molar-refractivity contribution in [1.29, 1.82) is 0 Å². The molecule has 1 aromatic rings. The Morgan fingerprint density at radius 2 is 2.44 bits per heavy atom. The van der Waals surface area contributed by atoms with Gasteiger partial charge >= 0.3 is 0 Å². The largest absolute Gasteiger partial charge is 0.352 e. The Kier molecular flexibility index (Phi) is 3.51. The molecule has 1 aliphatic carbocycles. The third-order valence-electron chi connectivity index (χ3n) is 2.70. The minimum absolute atomic E-state index is 0.0817. The highest BCUT2D eigenvalue weighted by Gasteiger charge is 2.23. The zero-order valence-corrected chi connectivity index (χ0v) is 9.44. The molecule has 1 aromatic heterocycles.